The normalized spacial score (nSPS) is 16.3. The highest BCUT2D eigenvalue weighted by Crippen LogP contribution is 2.20. The molecule has 7 nitrogen and oxygen atoms in total. The number of sulfonamides is 1. The fourth-order valence-corrected chi connectivity index (χ4v) is 4.56. The van der Waals surface area contributed by atoms with E-state index in [4.69, 9.17) is 5.11 Å². The van der Waals surface area contributed by atoms with Crippen molar-refractivity contribution < 1.29 is 18.3 Å². The number of aromatic nitrogens is 1. The van der Waals surface area contributed by atoms with Crippen molar-refractivity contribution in [2.24, 2.45) is 0 Å². The Kier molecular flexibility index (Phi) is 5.53. The molecule has 2 N–H and O–H groups in total. The Bertz CT molecular complexity index is 863. The van der Waals surface area contributed by atoms with Crippen LogP contribution in [-0.2, 0) is 15.8 Å². The van der Waals surface area contributed by atoms with Crippen LogP contribution in [0.15, 0.2) is 48.5 Å². The van der Waals surface area contributed by atoms with E-state index in [2.05, 4.69) is 10.3 Å². The highest BCUT2D eigenvalue weighted by Gasteiger charge is 2.28. The quantitative estimate of drug-likeness (QED) is 0.803. The Morgan fingerprint density at radius 1 is 1.12 bits per heavy atom. The van der Waals surface area contributed by atoms with Crippen molar-refractivity contribution in [2.45, 2.75) is 24.6 Å². The largest absolute Gasteiger partial charge is 0.477 e. The number of carboxylic acid groups (broad SMARTS) is 1. The third-order valence-corrected chi connectivity index (χ3v) is 6.21. The number of carboxylic acids is 1. The number of rotatable bonds is 6. The first kappa shape index (κ1) is 18.3. The van der Waals surface area contributed by atoms with Crippen LogP contribution in [-0.4, -0.2) is 47.9 Å². The predicted molar refractivity (Wildman–Crippen MR) is 98.5 cm³/mol. The first-order chi connectivity index (χ1) is 12.4. The van der Waals surface area contributed by atoms with Crippen LogP contribution in [0.1, 0.15) is 28.9 Å². The zero-order valence-electron chi connectivity index (χ0n) is 14.2. The molecule has 138 valence electrons. The summed E-state index contributed by atoms with van der Waals surface area (Å²) in [6.45, 7) is 0.872. The third kappa shape index (κ3) is 4.59. The van der Waals surface area contributed by atoms with Crippen molar-refractivity contribution in [2.75, 3.05) is 18.4 Å². The third-order valence-electron chi connectivity index (χ3n) is 4.36. The molecule has 1 fully saturated rings. The molecular formula is C18H21N3O4S. The smallest absolute Gasteiger partial charge is 0.354 e. The lowest BCUT2D eigenvalue weighted by molar-refractivity contribution is 0.0690. The molecule has 0 radical (unpaired) electrons. The molecule has 0 unspecified atom stereocenters. The average molecular weight is 375 g/mol. The van der Waals surface area contributed by atoms with Crippen LogP contribution in [0.4, 0.5) is 5.82 Å². The second-order valence-corrected chi connectivity index (χ2v) is 8.24. The number of aromatic carboxylic acids is 1. The molecule has 1 aromatic heterocycles. The number of pyridine rings is 1. The molecule has 0 amide bonds. The number of nitrogens with one attached hydrogen (secondary N) is 1. The summed E-state index contributed by atoms with van der Waals surface area (Å²) in [4.78, 5) is 15.0. The lowest BCUT2D eigenvalue weighted by Crippen LogP contribution is -2.42. The van der Waals surface area contributed by atoms with Crippen molar-refractivity contribution in [3.63, 3.8) is 0 Å². The maximum absolute atomic E-state index is 12.6. The Labute approximate surface area is 152 Å². The maximum Gasteiger partial charge on any atom is 0.354 e. The topological polar surface area (TPSA) is 99.6 Å². The van der Waals surface area contributed by atoms with Gasteiger partial charge in [-0.05, 0) is 30.5 Å². The molecule has 26 heavy (non-hydrogen) atoms. The van der Waals surface area contributed by atoms with Gasteiger partial charge in [0.05, 0.1) is 5.75 Å². The van der Waals surface area contributed by atoms with Crippen LogP contribution in [0.5, 0.6) is 0 Å². The van der Waals surface area contributed by atoms with Crippen LogP contribution in [0.25, 0.3) is 0 Å². The molecule has 0 spiro atoms. The van der Waals surface area contributed by atoms with Gasteiger partial charge in [0.15, 0.2) is 5.69 Å². The molecule has 0 atom stereocenters. The minimum Gasteiger partial charge on any atom is -0.477 e. The fourth-order valence-electron chi connectivity index (χ4n) is 3.00. The highest BCUT2D eigenvalue weighted by molar-refractivity contribution is 7.88. The molecule has 0 bridgehead atoms. The molecule has 3 rings (SSSR count). The SMILES string of the molecule is O=C(O)c1cccc(NC2CCN(S(=O)(=O)Cc3ccccc3)CC2)n1. The summed E-state index contributed by atoms with van der Waals surface area (Å²) < 4.78 is 26.7. The summed E-state index contributed by atoms with van der Waals surface area (Å²) in [5, 5.41) is 12.2. The van der Waals surface area contributed by atoms with E-state index < -0.39 is 16.0 Å². The Balaban J connectivity index is 1.57. The van der Waals surface area contributed by atoms with Crippen molar-refractivity contribution in [1.29, 1.82) is 0 Å². The van der Waals surface area contributed by atoms with E-state index in [0.29, 0.717) is 31.7 Å². The summed E-state index contributed by atoms with van der Waals surface area (Å²) in [7, 11) is -3.34. The van der Waals surface area contributed by atoms with Gasteiger partial charge in [0.2, 0.25) is 10.0 Å². The van der Waals surface area contributed by atoms with Crippen molar-refractivity contribution >= 4 is 21.8 Å². The monoisotopic (exact) mass is 375 g/mol. The average Bonchev–Trinajstić information content (AvgIpc) is 2.63. The first-order valence-corrected chi connectivity index (χ1v) is 10.0. The Hall–Kier alpha value is -2.45. The van der Waals surface area contributed by atoms with E-state index in [-0.39, 0.29) is 17.5 Å². The van der Waals surface area contributed by atoms with Gasteiger partial charge in [-0.1, -0.05) is 36.4 Å². The molecule has 0 saturated carbocycles. The zero-order valence-corrected chi connectivity index (χ0v) is 15.0. The van der Waals surface area contributed by atoms with E-state index in [1.807, 2.05) is 30.3 Å². The van der Waals surface area contributed by atoms with Gasteiger partial charge < -0.3 is 10.4 Å². The summed E-state index contributed by atoms with van der Waals surface area (Å²) >= 11 is 0. The number of piperidine rings is 1. The van der Waals surface area contributed by atoms with Gasteiger partial charge in [0.1, 0.15) is 5.82 Å². The van der Waals surface area contributed by atoms with Crippen LogP contribution < -0.4 is 5.32 Å². The number of anilines is 1. The van der Waals surface area contributed by atoms with E-state index in [9.17, 15) is 13.2 Å². The van der Waals surface area contributed by atoms with Crippen LogP contribution in [0.2, 0.25) is 0 Å². The molecule has 2 heterocycles. The van der Waals surface area contributed by atoms with E-state index in [0.717, 1.165) is 5.56 Å². The lowest BCUT2D eigenvalue weighted by Gasteiger charge is -2.32. The molecular weight excluding hydrogens is 354 g/mol. The van der Waals surface area contributed by atoms with Gasteiger partial charge in [-0.3, -0.25) is 0 Å². The molecule has 2 aromatic rings. The fraction of sp³-hybridized carbons (Fsp3) is 0.333. The van der Waals surface area contributed by atoms with Gasteiger partial charge in [-0.2, -0.15) is 0 Å². The standard InChI is InChI=1S/C18H21N3O4S/c22-18(23)16-7-4-8-17(20-16)19-15-9-11-21(12-10-15)26(24,25)13-14-5-2-1-3-6-14/h1-8,15H,9-13H2,(H,19,20)(H,22,23). The minimum absolute atomic E-state index is 0.00808. The number of benzene rings is 1. The minimum atomic E-state index is -3.34. The summed E-state index contributed by atoms with van der Waals surface area (Å²) in [6, 6.07) is 14.0. The Morgan fingerprint density at radius 3 is 2.46 bits per heavy atom. The lowest BCUT2D eigenvalue weighted by atomic mass is 10.1. The Morgan fingerprint density at radius 2 is 1.81 bits per heavy atom. The number of hydrogen-bond acceptors (Lipinski definition) is 5. The van der Waals surface area contributed by atoms with Gasteiger partial charge >= 0.3 is 5.97 Å². The maximum atomic E-state index is 12.6. The van der Waals surface area contributed by atoms with Gasteiger partial charge in [-0.25, -0.2) is 22.5 Å². The van der Waals surface area contributed by atoms with Crippen molar-refractivity contribution in [3.8, 4) is 0 Å². The summed E-state index contributed by atoms with van der Waals surface area (Å²) in [6.07, 6.45) is 1.29. The number of carbonyl (C=O) groups is 1. The summed E-state index contributed by atoms with van der Waals surface area (Å²) in [5.41, 5.74) is 0.764. The molecule has 1 saturated heterocycles. The molecule has 0 aliphatic carbocycles. The van der Waals surface area contributed by atoms with Gasteiger partial charge in [-0.15, -0.1) is 0 Å². The highest BCUT2D eigenvalue weighted by atomic mass is 32.2. The zero-order chi connectivity index (χ0) is 18.6. The number of nitrogens with zero attached hydrogens (tertiary/aromatic N) is 2. The van der Waals surface area contributed by atoms with Gasteiger partial charge in [0.25, 0.3) is 0 Å². The molecule has 8 heteroatoms. The van der Waals surface area contributed by atoms with Crippen LogP contribution in [0, 0.1) is 0 Å². The molecule has 1 aliphatic heterocycles. The van der Waals surface area contributed by atoms with Crippen LogP contribution >= 0.6 is 0 Å². The van der Waals surface area contributed by atoms with E-state index in [1.54, 1.807) is 12.1 Å². The number of hydrogen-bond donors (Lipinski definition) is 2. The van der Waals surface area contributed by atoms with Crippen LogP contribution in [0.3, 0.4) is 0 Å². The molecule has 1 aromatic carbocycles. The van der Waals surface area contributed by atoms with Crippen molar-refractivity contribution in [3.05, 3.63) is 59.8 Å². The summed E-state index contributed by atoms with van der Waals surface area (Å²) in [5.74, 6) is -0.570. The first-order valence-electron chi connectivity index (χ1n) is 8.43. The van der Waals surface area contributed by atoms with E-state index >= 15 is 0 Å². The second-order valence-electron chi connectivity index (χ2n) is 6.27. The second kappa shape index (κ2) is 7.84. The predicted octanol–water partition coefficient (Wildman–Crippen LogP) is 2.19. The molecule has 1 aliphatic rings. The van der Waals surface area contributed by atoms with Crippen molar-refractivity contribution in [1.82, 2.24) is 9.29 Å². The van der Waals surface area contributed by atoms with E-state index in [1.165, 1.54) is 10.4 Å². The van der Waals surface area contributed by atoms with Gasteiger partial charge in [0, 0.05) is 19.1 Å².